The second-order valence-electron chi connectivity index (χ2n) is 6.32. The van der Waals surface area contributed by atoms with Crippen LogP contribution in [0.2, 0.25) is 0 Å². The van der Waals surface area contributed by atoms with Crippen molar-refractivity contribution in [2.75, 3.05) is 7.05 Å². The highest BCUT2D eigenvalue weighted by molar-refractivity contribution is 14.0. The molecule has 27 heavy (non-hydrogen) atoms. The fourth-order valence-corrected chi connectivity index (χ4v) is 2.83. The minimum atomic E-state index is 0. The molecule has 0 spiro atoms. The van der Waals surface area contributed by atoms with Gasteiger partial charge in [0, 0.05) is 13.6 Å². The van der Waals surface area contributed by atoms with Crippen LogP contribution in [0.1, 0.15) is 22.5 Å². The quantitative estimate of drug-likeness (QED) is 0.295. The number of aromatic amines is 1. The Bertz CT molecular complexity index is 887. The van der Waals surface area contributed by atoms with Crippen LogP contribution in [0.25, 0.3) is 11.3 Å². The molecule has 0 amide bonds. The SMILES string of the molecule is CN=C(NCc1ncc(-c2ccccc2)[nH]1)NCc1ccc(C)cc1C.I. The minimum Gasteiger partial charge on any atom is -0.352 e. The van der Waals surface area contributed by atoms with E-state index in [1.165, 1.54) is 16.7 Å². The summed E-state index contributed by atoms with van der Waals surface area (Å²) in [7, 11) is 1.77. The summed E-state index contributed by atoms with van der Waals surface area (Å²) in [5.74, 6) is 1.63. The number of rotatable bonds is 5. The van der Waals surface area contributed by atoms with Crippen molar-refractivity contribution in [1.82, 2.24) is 20.6 Å². The van der Waals surface area contributed by atoms with E-state index in [1.807, 2.05) is 24.4 Å². The topological polar surface area (TPSA) is 65.1 Å². The van der Waals surface area contributed by atoms with Gasteiger partial charge in [0.05, 0.1) is 18.4 Å². The predicted molar refractivity (Wildman–Crippen MR) is 122 cm³/mol. The normalized spacial score (nSPS) is 11.0. The van der Waals surface area contributed by atoms with E-state index in [-0.39, 0.29) is 24.0 Å². The third-order valence-corrected chi connectivity index (χ3v) is 4.30. The predicted octanol–water partition coefficient (Wildman–Crippen LogP) is 4.18. The van der Waals surface area contributed by atoms with Gasteiger partial charge in [-0.05, 0) is 30.5 Å². The van der Waals surface area contributed by atoms with Crippen molar-refractivity contribution in [1.29, 1.82) is 0 Å². The second-order valence-corrected chi connectivity index (χ2v) is 6.32. The highest BCUT2D eigenvalue weighted by Gasteiger charge is 2.05. The number of imidazole rings is 1. The third-order valence-electron chi connectivity index (χ3n) is 4.30. The van der Waals surface area contributed by atoms with Crippen LogP contribution < -0.4 is 10.6 Å². The standard InChI is InChI=1S/C21H25N5.HI/c1-15-9-10-18(16(2)11-15)12-24-21(22-3)25-14-20-23-13-19(26-20)17-7-5-4-6-8-17;/h4-11,13H,12,14H2,1-3H3,(H,23,26)(H2,22,24,25);1H. The molecule has 1 heterocycles. The van der Waals surface area contributed by atoms with E-state index in [0.29, 0.717) is 6.54 Å². The van der Waals surface area contributed by atoms with Gasteiger partial charge in [-0.15, -0.1) is 24.0 Å². The van der Waals surface area contributed by atoms with Crippen LogP contribution >= 0.6 is 24.0 Å². The molecule has 2 aromatic carbocycles. The number of aromatic nitrogens is 2. The first-order chi connectivity index (χ1) is 12.7. The lowest BCUT2D eigenvalue weighted by Crippen LogP contribution is -2.36. The van der Waals surface area contributed by atoms with E-state index >= 15 is 0 Å². The first-order valence-corrected chi connectivity index (χ1v) is 8.75. The Kier molecular flexibility index (Phi) is 7.84. The van der Waals surface area contributed by atoms with Crippen molar-refractivity contribution in [2.45, 2.75) is 26.9 Å². The Labute approximate surface area is 177 Å². The van der Waals surface area contributed by atoms with E-state index < -0.39 is 0 Å². The number of H-pyrrole nitrogens is 1. The van der Waals surface area contributed by atoms with Gasteiger partial charge in [-0.1, -0.05) is 54.1 Å². The zero-order chi connectivity index (χ0) is 18.4. The van der Waals surface area contributed by atoms with Crippen LogP contribution in [-0.4, -0.2) is 23.0 Å². The van der Waals surface area contributed by atoms with Gasteiger partial charge in [0.15, 0.2) is 5.96 Å². The van der Waals surface area contributed by atoms with E-state index in [2.05, 4.69) is 69.8 Å². The molecule has 0 aliphatic carbocycles. The molecule has 6 heteroatoms. The number of hydrogen-bond acceptors (Lipinski definition) is 2. The van der Waals surface area contributed by atoms with Gasteiger partial charge in [0.2, 0.25) is 0 Å². The molecule has 3 aromatic rings. The molecular weight excluding hydrogens is 449 g/mol. The lowest BCUT2D eigenvalue weighted by molar-refractivity contribution is 0.780. The van der Waals surface area contributed by atoms with Crippen molar-refractivity contribution in [3.05, 3.63) is 77.2 Å². The average Bonchev–Trinajstić information content (AvgIpc) is 3.13. The third kappa shape index (κ3) is 5.82. The summed E-state index contributed by atoms with van der Waals surface area (Å²) >= 11 is 0. The van der Waals surface area contributed by atoms with Crippen LogP contribution in [-0.2, 0) is 13.1 Å². The average molecular weight is 475 g/mol. The molecule has 0 radical (unpaired) electrons. The molecule has 0 atom stereocenters. The summed E-state index contributed by atoms with van der Waals surface area (Å²) in [4.78, 5) is 12.1. The zero-order valence-electron chi connectivity index (χ0n) is 15.9. The molecular formula is C21H26IN5. The van der Waals surface area contributed by atoms with E-state index in [4.69, 9.17) is 0 Å². The van der Waals surface area contributed by atoms with E-state index in [0.717, 1.165) is 29.6 Å². The van der Waals surface area contributed by atoms with Gasteiger partial charge in [-0.25, -0.2) is 4.98 Å². The highest BCUT2D eigenvalue weighted by Crippen LogP contribution is 2.15. The molecule has 0 unspecified atom stereocenters. The zero-order valence-corrected chi connectivity index (χ0v) is 18.2. The van der Waals surface area contributed by atoms with E-state index in [9.17, 15) is 0 Å². The van der Waals surface area contributed by atoms with Crippen molar-refractivity contribution < 1.29 is 0 Å². The largest absolute Gasteiger partial charge is 0.352 e. The number of halogens is 1. The molecule has 0 aliphatic heterocycles. The Hall–Kier alpha value is -2.35. The Morgan fingerprint density at radius 3 is 2.48 bits per heavy atom. The smallest absolute Gasteiger partial charge is 0.191 e. The molecule has 0 saturated carbocycles. The van der Waals surface area contributed by atoms with Gasteiger partial charge in [0.1, 0.15) is 5.82 Å². The van der Waals surface area contributed by atoms with Gasteiger partial charge in [0.25, 0.3) is 0 Å². The van der Waals surface area contributed by atoms with Crippen LogP contribution in [0.5, 0.6) is 0 Å². The minimum absolute atomic E-state index is 0. The number of benzene rings is 2. The summed E-state index contributed by atoms with van der Waals surface area (Å²) < 4.78 is 0. The van der Waals surface area contributed by atoms with E-state index in [1.54, 1.807) is 7.05 Å². The monoisotopic (exact) mass is 475 g/mol. The highest BCUT2D eigenvalue weighted by atomic mass is 127. The lowest BCUT2D eigenvalue weighted by atomic mass is 10.1. The molecule has 5 nitrogen and oxygen atoms in total. The Morgan fingerprint density at radius 1 is 1.04 bits per heavy atom. The van der Waals surface area contributed by atoms with Crippen molar-refractivity contribution in [3.63, 3.8) is 0 Å². The molecule has 0 bridgehead atoms. The first kappa shape index (κ1) is 21.0. The van der Waals surface area contributed by atoms with Crippen LogP contribution in [0.15, 0.2) is 59.7 Å². The summed E-state index contributed by atoms with van der Waals surface area (Å²) in [6, 6.07) is 16.7. The maximum Gasteiger partial charge on any atom is 0.191 e. The number of aliphatic imine (C=N–C) groups is 1. The maximum absolute atomic E-state index is 4.44. The number of nitrogens with zero attached hydrogens (tertiary/aromatic N) is 2. The number of nitrogens with one attached hydrogen (secondary N) is 3. The number of aryl methyl sites for hydroxylation is 2. The summed E-state index contributed by atoms with van der Waals surface area (Å²) in [6.07, 6.45) is 1.86. The molecule has 3 N–H and O–H groups in total. The lowest BCUT2D eigenvalue weighted by Gasteiger charge is -2.13. The van der Waals surface area contributed by atoms with Crippen LogP contribution in [0.3, 0.4) is 0 Å². The molecule has 0 aliphatic rings. The first-order valence-electron chi connectivity index (χ1n) is 8.75. The summed E-state index contributed by atoms with van der Waals surface area (Å²) in [5, 5.41) is 6.65. The fourth-order valence-electron chi connectivity index (χ4n) is 2.83. The second kappa shape index (κ2) is 10.1. The molecule has 0 fully saturated rings. The van der Waals surface area contributed by atoms with Crippen LogP contribution in [0, 0.1) is 13.8 Å². The van der Waals surface area contributed by atoms with Crippen molar-refractivity contribution in [2.24, 2.45) is 4.99 Å². The molecule has 3 rings (SSSR count). The molecule has 0 saturated heterocycles. The maximum atomic E-state index is 4.44. The van der Waals surface area contributed by atoms with Crippen molar-refractivity contribution >= 4 is 29.9 Å². The van der Waals surface area contributed by atoms with Crippen molar-refractivity contribution in [3.8, 4) is 11.3 Å². The van der Waals surface area contributed by atoms with Gasteiger partial charge >= 0.3 is 0 Å². The fraction of sp³-hybridized carbons (Fsp3) is 0.238. The van der Waals surface area contributed by atoms with Gasteiger partial charge in [-0.3, -0.25) is 4.99 Å². The Morgan fingerprint density at radius 2 is 1.78 bits per heavy atom. The number of hydrogen-bond donors (Lipinski definition) is 3. The molecule has 142 valence electrons. The summed E-state index contributed by atoms with van der Waals surface area (Å²) in [6.45, 7) is 5.56. The number of guanidine groups is 1. The van der Waals surface area contributed by atoms with Gasteiger partial charge < -0.3 is 15.6 Å². The van der Waals surface area contributed by atoms with Crippen LogP contribution in [0.4, 0.5) is 0 Å². The Balaban J connectivity index is 0.00000261. The molecule has 1 aromatic heterocycles. The summed E-state index contributed by atoms with van der Waals surface area (Å²) in [5.41, 5.74) is 5.97. The van der Waals surface area contributed by atoms with Gasteiger partial charge in [-0.2, -0.15) is 0 Å².